The molecule has 3 nitrogen and oxygen atoms in total. The molecule has 1 atom stereocenters. The van der Waals surface area contributed by atoms with Crippen LogP contribution in [0.3, 0.4) is 0 Å². The molecule has 1 aromatic heterocycles. The van der Waals surface area contributed by atoms with Gasteiger partial charge in [0.15, 0.2) is 0 Å². The number of hydrogen-bond acceptors (Lipinski definition) is 3. The Morgan fingerprint density at radius 3 is 2.24 bits per heavy atom. The van der Waals surface area contributed by atoms with Crippen LogP contribution in [0, 0.1) is 0 Å². The predicted octanol–water partition coefficient (Wildman–Crippen LogP) is 2.92. The number of aliphatic hydroxyl groups excluding tert-OH is 1. The number of rotatable bonds is 2. The zero-order chi connectivity index (χ0) is 12.7. The maximum absolute atomic E-state index is 9.89. The Kier molecular flexibility index (Phi) is 5.39. The molecule has 90 valence electrons. The quantitative estimate of drug-likeness (QED) is 0.861. The Morgan fingerprint density at radius 2 is 1.76 bits per heavy atom. The monoisotopic (exact) mass is 250 g/mol. The van der Waals surface area contributed by atoms with Crippen LogP contribution in [0.4, 0.5) is 0 Å². The van der Waals surface area contributed by atoms with Crippen molar-refractivity contribution in [3.8, 4) is 0 Å². The van der Waals surface area contributed by atoms with E-state index in [4.69, 9.17) is 9.90 Å². The largest absolute Gasteiger partial charge is 0.481 e. The normalized spacial score (nSPS) is 11.2. The summed E-state index contributed by atoms with van der Waals surface area (Å²) in [5.74, 6) is -0.833. The summed E-state index contributed by atoms with van der Waals surface area (Å²) in [5.41, 5.74) is 1.91. The molecule has 0 radical (unpaired) electrons. The summed E-state index contributed by atoms with van der Waals surface area (Å²) in [7, 11) is 0. The third-order valence-corrected chi connectivity index (χ3v) is 2.68. The Labute approximate surface area is 104 Å². The predicted molar refractivity (Wildman–Crippen MR) is 68.1 cm³/mol. The maximum atomic E-state index is 9.89. The molecule has 2 N–H and O–H groups in total. The Hall–Kier alpha value is -1.65. The van der Waals surface area contributed by atoms with E-state index in [0.29, 0.717) is 0 Å². The molecule has 0 aliphatic carbocycles. The molecule has 0 saturated carbocycles. The van der Waals surface area contributed by atoms with Crippen LogP contribution in [0.1, 0.15) is 24.2 Å². The molecule has 4 heteroatoms. The van der Waals surface area contributed by atoms with E-state index in [9.17, 15) is 5.11 Å². The van der Waals surface area contributed by atoms with Gasteiger partial charge in [-0.25, -0.2) is 0 Å². The molecule has 0 fully saturated rings. The van der Waals surface area contributed by atoms with Gasteiger partial charge in [0.1, 0.15) is 6.10 Å². The Bertz CT molecular complexity index is 433. The van der Waals surface area contributed by atoms with Gasteiger partial charge in [0.25, 0.3) is 5.97 Å². The van der Waals surface area contributed by atoms with E-state index in [1.807, 2.05) is 47.2 Å². The highest BCUT2D eigenvalue weighted by atomic mass is 32.1. The van der Waals surface area contributed by atoms with Gasteiger partial charge in [-0.2, -0.15) is 11.3 Å². The van der Waals surface area contributed by atoms with Crippen molar-refractivity contribution in [1.29, 1.82) is 0 Å². The van der Waals surface area contributed by atoms with E-state index in [1.54, 1.807) is 11.3 Å². The SMILES string of the molecule is CC(=O)O.OC(c1ccccc1)c1ccsc1. The van der Waals surface area contributed by atoms with Crippen molar-refractivity contribution in [2.24, 2.45) is 0 Å². The zero-order valence-electron chi connectivity index (χ0n) is 9.41. The van der Waals surface area contributed by atoms with Crippen molar-refractivity contribution >= 4 is 17.3 Å². The highest BCUT2D eigenvalue weighted by molar-refractivity contribution is 7.07. The first-order valence-corrected chi connectivity index (χ1v) is 6.00. The second-order valence-corrected chi connectivity index (χ2v) is 4.17. The van der Waals surface area contributed by atoms with Crippen LogP contribution < -0.4 is 0 Å². The standard InChI is InChI=1S/C11H10OS.C2H4O2/c12-11(10-6-7-13-8-10)9-4-2-1-3-5-9;1-2(3)4/h1-8,11-12H;1H3,(H,3,4). The third-order valence-electron chi connectivity index (χ3n) is 1.97. The fourth-order valence-corrected chi connectivity index (χ4v) is 1.94. The van der Waals surface area contributed by atoms with Gasteiger partial charge in [-0.3, -0.25) is 4.79 Å². The molecule has 0 amide bonds. The lowest BCUT2D eigenvalue weighted by Gasteiger charge is -2.07. The molecule has 2 rings (SSSR count). The highest BCUT2D eigenvalue weighted by Gasteiger charge is 2.08. The van der Waals surface area contributed by atoms with Gasteiger partial charge >= 0.3 is 0 Å². The van der Waals surface area contributed by atoms with Crippen LogP contribution in [-0.2, 0) is 4.79 Å². The molecular weight excluding hydrogens is 236 g/mol. The average Bonchev–Trinajstić information content (AvgIpc) is 2.82. The van der Waals surface area contributed by atoms with E-state index < -0.39 is 12.1 Å². The van der Waals surface area contributed by atoms with Crippen LogP contribution >= 0.6 is 11.3 Å². The van der Waals surface area contributed by atoms with Gasteiger partial charge < -0.3 is 10.2 Å². The van der Waals surface area contributed by atoms with Crippen LogP contribution in [0.5, 0.6) is 0 Å². The molecule has 17 heavy (non-hydrogen) atoms. The van der Waals surface area contributed by atoms with Crippen molar-refractivity contribution in [2.75, 3.05) is 0 Å². The summed E-state index contributed by atoms with van der Waals surface area (Å²) >= 11 is 1.60. The van der Waals surface area contributed by atoms with E-state index in [2.05, 4.69) is 0 Å². The zero-order valence-corrected chi connectivity index (χ0v) is 10.2. The summed E-state index contributed by atoms with van der Waals surface area (Å²) in [5, 5.41) is 21.2. The first-order valence-electron chi connectivity index (χ1n) is 5.06. The van der Waals surface area contributed by atoms with Crippen LogP contribution in [-0.4, -0.2) is 16.2 Å². The lowest BCUT2D eigenvalue weighted by molar-refractivity contribution is -0.134. The molecule has 0 saturated heterocycles. The lowest BCUT2D eigenvalue weighted by Crippen LogP contribution is -1.96. The number of carboxylic acids is 1. The molecule has 1 aromatic carbocycles. The first-order chi connectivity index (χ1) is 8.11. The molecule has 1 heterocycles. The summed E-state index contributed by atoms with van der Waals surface area (Å²) < 4.78 is 0. The minimum atomic E-state index is -0.833. The second kappa shape index (κ2) is 6.83. The minimum absolute atomic E-state index is 0.479. The number of hydrogen-bond donors (Lipinski definition) is 2. The molecule has 0 aliphatic rings. The Morgan fingerprint density at radius 1 is 1.18 bits per heavy atom. The van der Waals surface area contributed by atoms with Crippen molar-refractivity contribution in [1.82, 2.24) is 0 Å². The van der Waals surface area contributed by atoms with E-state index in [-0.39, 0.29) is 0 Å². The number of thiophene rings is 1. The van der Waals surface area contributed by atoms with Gasteiger partial charge in [-0.15, -0.1) is 0 Å². The van der Waals surface area contributed by atoms with Gasteiger partial charge in [0, 0.05) is 6.92 Å². The molecule has 0 bridgehead atoms. The molecule has 1 unspecified atom stereocenters. The number of carboxylic acid groups (broad SMARTS) is 1. The van der Waals surface area contributed by atoms with Crippen molar-refractivity contribution in [3.63, 3.8) is 0 Å². The fraction of sp³-hybridized carbons (Fsp3) is 0.154. The van der Waals surface area contributed by atoms with Crippen LogP contribution in [0.2, 0.25) is 0 Å². The molecular formula is C13H14O3S. The topological polar surface area (TPSA) is 57.5 Å². The van der Waals surface area contributed by atoms with Crippen LogP contribution in [0.15, 0.2) is 47.2 Å². The van der Waals surface area contributed by atoms with Gasteiger partial charge in [-0.1, -0.05) is 30.3 Å². The van der Waals surface area contributed by atoms with E-state index in [1.165, 1.54) is 0 Å². The molecule has 0 spiro atoms. The number of aliphatic carboxylic acids is 1. The van der Waals surface area contributed by atoms with E-state index in [0.717, 1.165) is 18.1 Å². The maximum Gasteiger partial charge on any atom is 0.300 e. The highest BCUT2D eigenvalue weighted by Crippen LogP contribution is 2.22. The summed E-state index contributed by atoms with van der Waals surface area (Å²) in [6.07, 6.45) is -0.479. The smallest absolute Gasteiger partial charge is 0.300 e. The van der Waals surface area contributed by atoms with Crippen LogP contribution in [0.25, 0.3) is 0 Å². The van der Waals surface area contributed by atoms with Crippen molar-refractivity contribution < 1.29 is 15.0 Å². The molecule has 2 aromatic rings. The van der Waals surface area contributed by atoms with Crippen molar-refractivity contribution in [3.05, 3.63) is 58.3 Å². The van der Waals surface area contributed by atoms with E-state index >= 15 is 0 Å². The first kappa shape index (κ1) is 13.4. The number of benzene rings is 1. The van der Waals surface area contributed by atoms with Gasteiger partial charge in [-0.05, 0) is 28.0 Å². The summed E-state index contributed by atoms with van der Waals surface area (Å²) in [6, 6.07) is 11.6. The number of aliphatic hydroxyl groups is 1. The third kappa shape index (κ3) is 4.80. The van der Waals surface area contributed by atoms with Gasteiger partial charge in [0.2, 0.25) is 0 Å². The fourth-order valence-electron chi connectivity index (χ4n) is 1.26. The number of carbonyl (C=O) groups is 1. The van der Waals surface area contributed by atoms with Gasteiger partial charge in [0.05, 0.1) is 0 Å². The molecule has 0 aliphatic heterocycles. The summed E-state index contributed by atoms with van der Waals surface area (Å²) in [4.78, 5) is 9.00. The summed E-state index contributed by atoms with van der Waals surface area (Å²) in [6.45, 7) is 1.08. The second-order valence-electron chi connectivity index (χ2n) is 3.39. The van der Waals surface area contributed by atoms with Crippen molar-refractivity contribution in [2.45, 2.75) is 13.0 Å². The minimum Gasteiger partial charge on any atom is -0.481 e. The lowest BCUT2D eigenvalue weighted by atomic mass is 10.1. The average molecular weight is 250 g/mol. The Balaban J connectivity index is 0.000000317.